The fourth-order valence-electron chi connectivity index (χ4n) is 1.76. The average Bonchev–Trinajstić information content (AvgIpc) is 2.95. The molecule has 0 aliphatic carbocycles. The predicted octanol–water partition coefficient (Wildman–Crippen LogP) is 3.98. The van der Waals surface area contributed by atoms with Crippen molar-refractivity contribution in [1.29, 1.82) is 0 Å². The highest BCUT2D eigenvalue weighted by atomic mass is 32.1. The molecule has 92 valence electrons. The summed E-state index contributed by atoms with van der Waals surface area (Å²) in [6, 6.07) is 2.35. The van der Waals surface area contributed by atoms with Crippen LogP contribution in [0.1, 0.15) is 29.5 Å². The summed E-state index contributed by atoms with van der Waals surface area (Å²) in [5.41, 5.74) is 2.69. The molecule has 0 saturated heterocycles. The van der Waals surface area contributed by atoms with Crippen molar-refractivity contribution >= 4 is 27.8 Å². The van der Waals surface area contributed by atoms with Crippen LogP contribution in [-0.4, -0.2) is 12.0 Å². The Morgan fingerprint density at radius 3 is 2.76 bits per heavy atom. The zero-order valence-electron chi connectivity index (χ0n) is 10.3. The van der Waals surface area contributed by atoms with Gasteiger partial charge in [0.05, 0.1) is 5.69 Å². The minimum Gasteiger partial charge on any atom is -0.365 e. The monoisotopic (exact) mass is 266 g/mol. The first-order chi connectivity index (χ1) is 8.31. The lowest BCUT2D eigenvalue weighted by Gasteiger charge is -1.94. The Morgan fingerprint density at radius 2 is 2.06 bits per heavy atom. The Bertz CT molecular complexity index is 459. The molecule has 2 heterocycles. The molecule has 17 heavy (non-hydrogen) atoms. The smallest absolute Gasteiger partial charge is 0.182 e. The number of hydrogen-bond acceptors (Lipinski definition) is 4. The minimum atomic E-state index is 1.01. The third kappa shape index (κ3) is 3.54. The van der Waals surface area contributed by atoms with Crippen molar-refractivity contribution in [3.8, 4) is 0 Å². The highest BCUT2D eigenvalue weighted by Crippen LogP contribution is 2.20. The van der Waals surface area contributed by atoms with E-state index >= 15 is 0 Å². The number of rotatable bonds is 6. The number of hydrogen-bond donors (Lipinski definition) is 1. The van der Waals surface area contributed by atoms with E-state index < -0.39 is 0 Å². The molecule has 0 aromatic carbocycles. The number of aryl methyl sites for hydroxylation is 3. The molecule has 0 aliphatic heterocycles. The van der Waals surface area contributed by atoms with Crippen molar-refractivity contribution in [3.63, 3.8) is 0 Å². The van der Waals surface area contributed by atoms with Gasteiger partial charge in [0.15, 0.2) is 5.13 Å². The molecule has 0 saturated carbocycles. The first kappa shape index (κ1) is 12.6. The standard InChI is InChI=1S/C13H18N2S2/c1-3-4-10-7-12(16-8-10)6-5-11-9-17-13(14-2)15-11/h7-9H,3-6H2,1-2H3,(H,14,15). The number of thiazole rings is 1. The van der Waals surface area contributed by atoms with E-state index in [1.165, 1.54) is 29.0 Å². The van der Waals surface area contributed by atoms with Crippen LogP contribution in [0.2, 0.25) is 0 Å². The summed E-state index contributed by atoms with van der Waals surface area (Å²) in [4.78, 5) is 5.98. The summed E-state index contributed by atoms with van der Waals surface area (Å²) in [6.07, 6.45) is 4.59. The number of aromatic nitrogens is 1. The highest BCUT2D eigenvalue weighted by molar-refractivity contribution is 7.13. The number of nitrogens with zero attached hydrogens (tertiary/aromatic N) is 1. The second kappa shape index (κ2) is 6.17. The van der Waals surface area contributed by atoms with Gasteiger partial charge in [-0.3, -0.25) is 0 Å². The quantitative estimate of drug-likeness (QED) is 0.855. The van der Waals surface area contributed by atoms with Crippen LogP contribution >= 0.6 is 22.7 Å². The van der Waals surface area contributed by atoms with Gasteiger partial charge in [0, 0.05) is 17.3 Å². The summed E-state index contributed by atoms with van der Waals surface area (Å²) < 4.78 is 0. The molecular weight excluding hydrogens is 248 g/mol. The molecule has 0 bridgehead atoms. The van der Waals surface area contributed by atoms with E-state index in [4.69, 9.17) is 0 Å². The summed E-state index contributed by atoms with van der Waals surface area (Å²) in [6.45, 7) is 2.23. The van der Waals surface area contributed by atoms with Gasteiger partial charge in [-0.05, 0) is 36.3 Å². The first-order valence-corrected chi connectivity index (χ1v) is 7.76. The molecule has 2 aromatic rings. The first-order valence-electron chi connectivity index (χ1n) is 6.00. The lowest BCUT2D eigenvalue weighted by molar-refractivity contribution is 0.915. The Kier molecular flexibility index (Phi) is 4.57. The highest BCUT2D eigenvalue weighted by Gasteiger charge is 2.03. The maximum absolute atomic E-state index is 4.50. The van der Waals surface area contributed by atoms with E-state index in [-0.39, 0.29) is 0 Å². The maximum Gasteiger partial charge on any atom is 0.182 e. The van der Waals surface area contributed by atoms with Crippen molar-refractivity contribution in [1.82, 2.24) is 4.98 Å². The van der Waals surface area contributed by atoms with Crippen LogP contribution in [-0.2, 0) is 19.3 Å². The molecular formula is C13H18N2S2. The van der Waals surface area contributed by atoms with Gasteiger partial charge in [-0.1, -0.05) is 13.3 Å². The van der Waals surface area contributed by atoms with Gasteiger partial charge in [-0.15, -0.1) is 22.7 Å². The lowest BCUT2D eigenvalue weighted by Crippen LogP contribution is -1.91. The second-order valence-electron chi connectivity index (χ2n) is 4.07. The Morgan fingerprint density at radius 1 is 1.18 bits per heavy atom. The molecule has 0 radical (unpaired) electrons. The van der Waals surface area contributed by atoms with Crippen molar-refractivity contribution in [2.45, 2.75) is 32.6 Å². The lowest BCUT2D eigenvalue weighted by atomic mass is 10.1. The largest absolute Gasteiger partial charge is 0.365 e. The fraction of sp³-hybridized carbons (Fsp3) is 0.462. The molecule has 1 N–H and O–H groups in total. The second-order valence-corrected chi connectivity index (χ2v) is 5.92. The average molecular weight is 266 g/mol. The van der Waals surface area contributed by atoms with Gasteiger partial charge < -0.3 is 5.32 Å². The molecule has 2 rings (SSSR count). The van der Waals surface area contributed by atoms with Gasteiger partial charge in [0.25, 0.3) is 0 Å². The van der Waals surface area contributed by atoms with Gasteiger partial charge in [0.2, 0.25) is 0 Å². The predicted molar refractivity (Wildman–Crippen MR) is 77.4 cm³/mol. The molecule has 0 unspecified atom stereocenters. The van der Waals surface area contributed by atoms with Gasteiger partial charge in [-0.25, -0.2) is 4.98 Å². The van der Waals surface area contributed by atoms with E-state index in [9.17, 15) is 0 Å². The molecule has 0 atom stereocenters. The van der Waals surface area contributed by atoms with Crippen LogP contribution in [0, 0.1) is 0 Å². The minimum absolute atomic E-state index is 1.01. The topological polar surface area (TPSA) is 24.9 Å². The van der Waals surface area contributed by atoms with Crippen molar-refractivity contribution < 1.29 is 0 Å². The fourth-order valence-corrected chi connectivity index (χ4v) is 3.40. The molecule has 0 spiro atoms. The Balaban J connectivity index is 1.88. The number of anilines is 1. The van der Waals surface area contributed by atoms with Crippen molar-refractivity contribution in [2.75, 3.05) is 12.4 Å². The Labute approximate surface area is 111 Å². The van der Waals surface area contributed by atoms with Gasteiger partial charge in [-0.2, -0.15) is 0 Å². The zero-order chi connectivity index (χ0) is 12.1. The Hall–Kier alpha value is -0.870. The van der Waals surface area contributed by atoms with Gasteiger partial charge in [0.1, 0.15) is 0 Å². The van der Waals surface area contributed by atoms with E-state index in [0.29, 0.717) is 0 Å². The molecule has 4 heteroatoms. The van der Waals surface area contributed by atoms with Crippen molar-refractivity contribution in [3.05, 3.63) is 33.0 Å². The number of thiophene rings is 1. The molecule has 0 aliphatic rings. The maximum atomic E-state index is 4.50. The summed E-state index contributed by atoms with van der Waals surface area (Å²) in [5.74, 6) is 0. The van der Waals surface area contributed by atoms with Crippen LogP contribution in [0.3, 0.4) is 0 Å². The molecule has 2 aromatic heterocycles. The number of nitrogens with one attached hydrogen (secondary N) is 1. The SMILES string of the molecule is CCCc1csc(CCc2csc(NC)n2)c1. The van der Waals surface area contributed by atoms with Gasteiger partial charge >= 0.3 is 0 Å². The van der Waals surface area contributed by atoms with Crippen LogP contribution < -0.4 is 5.32 Å². The summed E-state index contributed by atoms with van der Waals surface area (Å²) in [7, 11) is 1.92. The van der Waals surface area contributed by atoms with E-state index in [1.54, 1.807) is 11.3 Å². The van der Waals surface area contributed by atoms with E-state index in [1.807, 2.05) is 18.4 Å². The van der Waals surface area contributed by atoms with Crippen LogP contribution in [0.25, 0.3) is 0 Å². The van der Waals surface area contributed by atoms with E-state index in [2.05, 4.69) is 34.1 Å². The molecule has 0 amide bonds. The normalized spacial score (nSPS) is 10.7. The van der Waals surface area contributed by atoms with Crippen LogP contribution in [0.4, 0.5) is 5.13 Å². The van der Waals surface area contributed by atoms with Crippen LogP contribution in [0.5, 0.6) is 0 Å². The van der Waals surface area contributed by atoms with Crippen LogP contribution in [0.15, 0.2) is 16.8 Å². The molecule has 2 nitrogen and oxygen atoms in total. The third-order valence-corrected chi connectivity index (χ3v) is 4.59. The third-order valence-electron chi connectivity index (χ3n) is 2.64. The van der Waals surface area contributed by atoms with E-state index in [0.717, 1.165) is 18.0 Å². The summed E-state index contributed by atoms with van der Waals surface area (Å²) in [5, 5.41) is 8.52. The van der Waals surface area contributed by atoms with Crippen molar-refractivity contribution in [2.24, 2.45) is 0 Å². The summed E-state index contributed by atoms with van der Waals surface area (Å²) >= 11 is 3.56. The zero-order valence-corrected chi connectivity index (χ0v) is 12.0. The molecule has 0 fully saturated rings.